The summed E-state index contributed by atoms with van der Waals surface area (Å²) in [4.78, 5) is 65.1. The van der Waals surface area contributed by atoms with Crippen LogP contribution < -0.4 is 0 Å². The van der Waals surface area contributed by atoms with Gasteiger partial charge >= 0.3 is 23.9 Å². The Hall–Kier alpha value is -3.33. The summed E-state index contributed by atoms with van der Waals surface area (Å²) in [5, 5.41) is 9.90. The number of allylic oxidation sites excluding steroid dienone is 5. The molecule has 2 saturated heterocycles. The SMILES string of the molecule is CC=CCCCCCC1C=C2C3(CC(=O)O)CC4=C(C(=O)OC4=O)C4C1CC(C(=O)CCC=CC)OC24OC3=O. The zero-order chi connectivity index (χ0) is 28.7. The summed E-state index contributed by atoms with van der Waals surface area (Å²) in [6, 6.07) is 0. The van der Waals surface area contributed by atoms with Gasteiger partial charge in [-0.1, -0.05) is 43.2 Å². The number of esters is 3. The van der Waals surface area contributed by atoms with Gasteiger partial charge in [-0.15, -0.1) is 0 Å². The summed E-state index contributed by atoms with van der Waals surface area (Å²) in [6.07, 6.45) is 13.6. The van der Waals surface area contributed by atoms with Crippen molar-refractivity contribution in [3.63, 3.8) is 0 Å². The molecule has 0 aromatic rings. The van der Waals surface area contributed by atoms with Gasteiger partial charge in [-0.25, -0.2) is 9.59 Å². The molecule has 40 heavy (non-hydrogen) atoms. The molecule has 2 aliphatic carbocycles. The highest BCUT2D eigenvalue weighted by molar-refractivity contribution is 6.14. The van der Waals surface area contributed by atoms with Crippen molar-refractivity contribution < 1.29 is 43.3 Å². The first-order valence-corrected chi connectivity index (χ1v) is 14.3. The van der Waals surface area contributed by atoms with Gasteiger partial charge in [0.25, 0.3) is 0 Å². The van der Waals surface area contributed by atoms with Gasteiger partial charge in [0.2, 0.25) is 5.79 Å². The number of cyclic esters (lactones) is 2. The molecular weight excluding hydrogens is 516 g/mol. The van der Waals surface area contributed by atoms with Crippen LogP contribution in [-0.4, -0.2) is 46.7 Å². The minimum Gasteiger partial charge on any atom is -0.481 e. The molecule has 0 aromatic carbocycles. The van der Waals surface area contributed by atoms with E-state index in [1.54, 1.807) is 0 Å². The van der Waals surface area contributed by atoms with Crippen LogP contribution in [0.2, 0.25) is 0 Å². The second kappa shape index (κ2) is 10.9. The monoisotopic (exact) mass is 552 g/mol. The van der Waals surface area contributed by atoms with E-state index in [2.05, 4.69) is 6.08 Å². The molecule has 6 atom stereocenters. The first-order valence-electron chi connectivity index (χ1n) is 14.3. The lowest BCUT2D eigenvalue weighted by Crippen LogP contribution is -2.59. The van der Waals surface area contributed by atoms with Crippen molar-refractivity contribution in [2.75, 3.05) is 0 Å². The third kappa shape index (κ3) is 4.48. The van der Waals surface area contributed by atoms with Crippen molar-refractivity contribution in [3.8, 4) is 0 Å². The molecule has 214 valence electrons. The maximum Gasteiger partial charge on any atom is 0.343 e. The number of carbonyl (C=O) groups is 5. The third-order valence-corrected chi connectivity index (χ3v) is 9.11. The van der Waals surface area contributed by atoms with E-state index in [1.807, 2.05) is 38.2 Å². The Morgan fingerprint density at radius 2 is 1.80 bits per heavy atom. The topological polar surface area (TPSA) is 133 Å². The Morgan fingerprint density at radius 1 is 1.05 bits per heavy atom. The van der Waals surface area contributed by atoms with Crippen molar-refractivity contribution in [2.45, 2.75) is 89.9 Å². The fourth-order valence-electron chi connectivity index (χ4n) is 7.40. The van der Waals surface area contributed by atoms with Gasteiger partial charge in [-0.3, -0.25) is 14.4 Å². The van der Waals surface area contributed by atoms with E-state index in [9.17, 15) is 29.1 Å². The molecule has 0 saturated carbocycles. The van der Waals surface area contributed by atoms with Gasteiger partial charge in [0.1, 0.15) is 11.5 Å². The fourth-order valence-corrected chi connectivity index (χ4v) is 7.40. The van der Waals surface area contributed by atoms with Crippen LogP contribution in [0.1, 0.15) is 78.1 Å². The van der Waals surface area contributed by atoms with E-state index in [1.165, 1.54) is 0 Å². The second-order valence-electron chi connectivity index (χ2n) is 11.5. The fraction of sp³-hybridized carbons (Fsp3) is 0.581. The van der Waals surface area contributed by atoms with Crippen LogP contribution in [0.5, 0.6) is 0 Å². The molecule has 9 heteroatoms. The number of hydrogen-bond donors (Lipinski definition) is 1. The highest BCUT2D eigenvalue weighted by atomic mass is 16.7. The molecule has 0 aromatic heterocycles. The molecular formula is C31H36O9. The smallest absolute Gasteiger partial charge is 0.343 e. The van der Waals surface area contributed by atoms with E-state index in [0.717, 1.165) is 32.1 Å². The highest BCUT2D eigenvalue weighted by Gasteiger charge is 2.75. The molecule has 5 bridgehead atoms. The van der Waals surface area contributed by atoms with Crippen molar-refractivity contribution in [2.24, 2.45) is 23.2 Å². The highest BCUT2D eigenvalue weighted by Crippen LogP contribution is 2.67. The number of rotatable bonds is 12. The zero-order valence-corrected chi connectivity index (χ0v) is 23.0. The first-order chi connectivity index (χ1) is 19.2. The summed E-state index contributed by atoms with van der Waals surface area (Å²) in [7, 11) is 0. The van der Waals surface area contributed by atoms with Crippen molar-refractivity contribution >= 4 is 29.7 Å². The van der Waals surface area contributed by atoms with Crippen LogP contribution in [0.15, 0.2) is 47.1 Å². The molecule has 5 rings (SSSR count). The minimum atomic E-state index is -1.82. The normalized spacial score (nSPS) is 34.1. The predicted octanol–water partition coefficient (Wildman–Crippen LogP) is 4.51. The lowest BCUT2D eigenvalue weighted by molar-refractivity contribution is -0.268. The van der Waals surface area contributed by atoms with Gasteiger partial charge in [-0.2, -0.15) is 0 Å². The quantitative estimate of drug-likeness (QED) is 0.161. The molecule has 3 aliphatic heterocycles. The molecule has 1 N–H and O–H groups in total. The number of aliphatic carboxylic acids is 1. The summed E-state index contributed by atoms with van der Waals surface area (Å²) >= 11 is 0. The number of Topliss-reactive ketones (excluding diaryl/α,β-unsaturated/α-hetero) is 1. The summed E-state index contributed by atoms with van der Waals surface area (Å²) < 4.78 is 17.4. The Kier molecular flexibility index (Phi) is 7.70. The van der Waals surface area contributed by atoms with Gasteiger partial charge < -0.3 is 19.3 Å². The zero-order valence-electron chi connectivity index (χ0n) is 23.0. The van der Waals surface area contributed by atoms with E-state index in [-0.39, 0.29) is 41.6 Å². The molecule has 0 radical (unpaired) electrons. The second-order valence-corrected chi connectivity index (χ2v) is 11.5. The van der Waals surface area contributed by atoms with Crippen LogP contribution in [0.3, 0.4) is 0 Å². The Morgan fingerprint density at radius 3 is 2.52 bits per heavy atom. The van der Waals surface area contributed by atoms with Gasteiger partial charge in [-0.05, 0) is 57.8 Å². The van der Waals surface area contributed by atoms with Gasteiger partial charge in [0, 0.05) is 18.4 Å². The lowest BCUT2D eigenvalue weighted by atomic mass is 9.59. The van der Waals surface area contributed by atoms with Gasteiger partial charge in [0.05, 0.1) is 23.5 Å². The van der Waals surface area contributed by atoms with Crippen LogP contribution in [0, 0.1) is 23.2 Å². The van der Waals surface area contributed by atoms with Crippen molar-refractivity contribution in [1.82, 2.24) is 0 Å². The van der Waals surface area contributed by atoms with Crippen molar-refractivity contribution in [1.29, 1.82) is 0 Å². The maximum absolute atomic E-state index is 13.7. The number of ketones is 1. The standard InChI is InChI=1S/C31H36O9/c1-3-5-7-8-9-11-12-18-14-23-30(17-24(33)34)16-20-25(28(36)38-27(20)35)26-19(18)15-22(21(32)13-10-6-4-2)39-31(23,26)40-29(30)37/h3-6,14,18-19,22,26H,7-13,15-17H2,1-2H3,(H,33,34). The molecule has 6 unspecified atom stereocenters. The molecule has 1 spiro atoms. The van der Waals surface area contributed by atoms with E-state index >= 15 is 0 Å². The largest absolute Gasteiger partial charge is 0.481 e. The van der Waals surface area contributed by atoms with Crippen LogP contribution >= 0.6 is 0 Å². The number of carbonyl (C=O) groups excluding carboxylic acids is 4. The van der Waals surface area contributed by atoms with E-state index in [0.29, 0.717) is 18.4 Å². The van der Waals surface area contributed by atoms with Crippen LogP contribution in [-0.2, 0) is 38.2 Å². The number of carboxylic acid groups (broad SMARTS) is 1. The number of hydrogen-bond acceptors (Lipinski definition) is 8. The summed E-state index contributed by atoms with van der Waals surface area (Å²) in [6.45, 7) is 3.86. The van der Waals surface area contributed by atoms with Crippen LogP contribution in [0.25, 0.3) is 0 Å². The Labute approximate surface area is 233 Å². The van der Waals surface area contributed by atoms with Gasteiger partial charge in [0.15, 0.2) is 5.78 Å². The molecule has 5 aliphatic rings. The number of ether oxygens (including phenoxy) is 3. The molecule has 2 fully saturated rings. The average molecular weight is 553 g/mol. The lowest BCUT2D eigenvalue weighted by Gasteiger charge is -2.52. The average Bonchev–Trinajstić information content (AvgIpc) is 3.25. The molecule has 3 heterocycles. The molecule has 9 nitrogen and oxygen atoms in total. The van der Waals surface area contributed by atoms with E-state index < -0.39 is 53.5 Å². The Bertz CT molecular complexity index is 1250. The van der Waals surface area contributed by atoms with Crippen LogP contribution in [0.4, 0.5) is 0 Å². The number of carboxylic acids is 1. The Balaban J connectivity index is 1.60. The summed E-state index contributed by atoms with van der Waals surface area (Å²) in [5.74, 6) is -7.03. The molecule has 0 amide bonds. The minimum absolute atomic E-state index is 0.0270. The van der Waals surface area contributed by atoms with Crippen molar-refractivity contribution in [3.05, 3.63) is 47.1 Å². The van der Waals surface area contributed by atoms with E-state index in [4.69, 9.17) is 14.2 Å². The third-order valence-electron chi connectivity index (χ3n) is 9.11. The maximum atomic E-state index is 13.7. The summed E-state index contributed by atoms with van der Waals surface area (Å²) in [5.41, 5.74) is -1.25. The first kappa shape index (κ1) is 28.2. The number of unbranched alkanes of at least 4 members (excludes halogenated alkanes) is 3. The predicted molar refractivity (Wildman–Crippen MR) is 141 cm³/mol.